The minimum Gasteiger partial charge on any atom is -0.269 e. The van der Waals surface area contributed by atoms with Crippen molar-refractivity contribution in [1.82, 2.24) is 0 Å². The first-order valence-corrected chi connectivity index (χ1v) is 7.21. The molecule has 2 aliphatic rings. The Labute approximate surface area is 136 Å². The highest BCUT2D eigenvalue weighted by molar-refractivity contribution is 6.29. The number of anilines is 2. The van der Waals surface area contributed by atoms with Crippen molar-refractivity contribution in [2.75, 3.05) is 9.80 Å². The first-order chi connectivity index (χ1) is 11.5. The van der Waals surface area contributed by atoms with E-state index in [1.54, 1.807) is 36.4 Å². The third-order valence-electron chi connectivity index (χ3n) is 3.94. The monoisotopic (exact) mass is 318 g/mol. The van der Waals surface area contributed by atoms with Gasteiger partial charge in [0, 0.05) is 24.3 Å². The zero-order valence-electron chi connectivity index (χ0n) is 12.3. The zero-order chi connectivity index (χ0) is 16.8. The van der Waals surface area contributed by atoms with E-state index >= 15 is 0 Å². The molecule has 0 atom stereocenters. The van der Waals surface area contributed by atoms with Crippen molar-refractivity contribution in [3.05, 3.63) is 60.7 Å². The summed E-state index contributed by atoms with van der Waals surface area (Å²) in [6, 6.07) is 10.2. The summed E-state index contributed by atoms with van der Waals surface area (Å²) in [6.07, 6.45) is 4.92. The zero-order valence-corrected chi connectivity index (χ0v) is 12.3. The molecule has 116 valence electrons. The standard InChI is InChI=1S/C18H10N2O4/c21-15-5-6-16(22)19(15)13-3-1-11-9-14(4-2-12(11)10-13)20-17(23)7-8-18(20)24/h1-10H. The van der Waals surface area contributed by atoms with E-state index in [0.717, 1.165) is 20.6 Å². The second-order valence-corrected chi connectivity index (χ2v) is 5.41. The van der Waals surface area contributed by atoms with Gasteiger partial charge in [-0.2, -0.15) is 0 Å². The van der Waals surface area contributed by atoms with E-state index in [-0.39, 0.29) is 23.6 Å². The van der Waals surface area contributed by atoms with Crippen molar-refractivity contribution >= 4 is 45.8 Å². The smallest absolute Gasteiger partial charge is 0.258 e. The fourth-order valence-electron chi connectivity index (χ4n) is 2.81. The molecule has 0 unspecified atom stereocenters. The van der Waals surface area contributed by atoms with Gasteiger partial charge in [-0.05, 0) is 35.0 Å². The van der Waals surface area contributed by atoms with Crippen LogP contribution in [0.5, 0.6) is 0 Å². The van der Waals surface area contributed by atoms with Gasteiger partial charge in [-0.1, -0.05) is 12.1 Å². The average molecular weight is 318 g/mol. The SMILES string of the molecule is O=C1C=CC(=O)N1c1ccc2cc(N3C(=O)C=CC3=O)ccc2c1. The van der Waals surface area contributed by atoms with Crippen molar-refractivity contribution < 1.29 is 19.2 Å². The van der Waals surface area contributed by atoms with Crippen LogP contribution in [0.4, 0.5) is 11.4 Å². The number of imide groups is 2. The van der Waals surface area contributed by atoms with E-state index in [1.807, 2.05) is 0 Å². The molecule has 0 spiro atoms. The van der Waals surface area contributed by atoms with Crippen molar-refractivity contribution in [2.24, 2.45) is 0 Å². The van der Waals surface area contributed by atoms with Gasteiger partial charge in [0.1, 0.15) is 0 Å². The molecule has 0 fully saturated rings. The number of carbonyl (C=O) groups is 4. The van der Waals surface area contributed by atoms with E-state index in [2.05, 4.69) is 0 Å². The maximum Gasteiger partial charge on any atom is 0.258 e. The van der Waals surface area contributed by atoms with Crippen molar-refractivity contribution in [1.29, 1.82) is 0 Å². The number of hydrogen-bond donors (Lipinski definition) is 0. The van der Waals surface area contributed by atoms with Crippen LogP contribution in [-0.4, -0.2) is 23.6 Å². The lowest BCUT2D eigenvalue weighted by molar-refractivity contribution is -0.121. The molecule has 0 aromatic heterocycles. The predicted molar refractivity (Wildman–Crippen MR) is 87.2 cm³/mol. The fourth-order valence-corrected chi connectivity index (χ4v) is 2.81. The molecule has 6 nitrogen and oxygen atoms in total. The summed E-state index contributed by atoms with van der Waals surface area (Å²) in [5, 5.41) is 1.58. The molecule has 2 heterocycles. The van der Waals surface area contributed by atoms with Gasteiger partial charge in [-0.15, -0.1) is 0 Å². The average Bonchev–Trinajstić information content (AvgIpc) is 3.08. The van der Waals surface area contributed by atoms with Gasteiger partial charge in [0.2, 0.25) is 0 Å². The van der Waals surface area contributed by atoms with Crippen LogP contribution in [0, 0.1) is 0 Å². The van der Waals surface area contributed by atoms with Crippen molar-refractivity contribution in [3.63, 3.8) is 0 Å². The molecule has 2 aromatic rings. The second-order valence-electron chi connectivity index (χ2n) is 5.41. The normalized spacial score (nSPS) is 17.0. The molecule has 0 radical (unpaired) electrons. The van der Waals surface area contributed by atoms with Gasteiger partial charge >= 0.3 is 0 Å². The van der Waals surface area contributed by atoms with E-state index in [1.165, 1.54) is 24.3 Å². The Morgan fingerprint density at radius 2 is 0.833 bits per heavy atom. The number of hydrogen-bond acceptors (Lipinski definition) is 4. The van der Waals surface area contributed by atoms with Gasteiger partial charge in [0.05, 0.1) is 11.4 Å². The van der Waals surface area contributed by atoms with Gasteiger partial charge in [-0.25, -0.2) is 9.80 Å². The Bertz CT molecular complexity index is 886. The number of nitrogens with zero attached hydrogens (tertiary/aromatic N) is 2. The third kappa shape index (κ3) is 2.04. The molecule has 0 saturated carbocycles. The highest BCUT2D eigenvalue weighted by Crippen LogP contribution is 2.28. The Morgan fingerprint density at radius 3 is 1.17 bits per heavy atom. The summed E-state index contributed by atoms with van der Waals surface area (Å²) >= 11 is 0. The Kier molecular flexibility index (Phi) is 2.93. The summed E-state index contributed by atoms with van der Waals surface area (Å²) in [6.45, 7) is 0. The second kappa shape index (κ2) is 4.99. The molecule has 4 rings (SSSR count). The molecule has 0 N–H and O–H groups in total. The molecule has 0 saturated heterocycles. The summed E-state index contributed by atoms with van der Waals surface area (Å²) in [5.41, 5.74) is 0.954. The summed E-state index contributed by atoms with van der Waals surface area (Å²) in [4.78, 5) is 49.2. The largest absolute Gasteiger partial charge is 0.269 e. The van der Waals surface area contributed by atoms with E-state index in [9.17, 15) is 19.2 Å². The molecule has 4 amide bonds. The van der Waals surface area contributed by atoms with Crippen LogP contribution in [0.1, 0.15) is 0 Å². The number of rotatable bonds is 2. The minimum absolute atomic E-state index is 0.379. The molecule has 0 bridgehead atoms. The van der Waals surface area contributed by atoms with Gasteiger partial charge < -0.3 is 0 Å². The lowest BCUT2D eigenvalue weighted by Gasteiger charge is -2.16. The summed E-state index contributed by atoms with van der Waals surface area (Å²) < 4.78 is 0. The lowest BCUT2D eigenvalue weighted by Crippen LogP contribution is -2.29. The minimum atomic E-state index is -0.379. The van der Waals surface area contributed by atoms with Gasteiger partial charge in [0.25, 0.3) is 23.6 Å². The molecule has 6 heteroatoms. The lowest BCUT2D eigenvalue weighted by atomic mass is 10.1. The maximum absolute atomic E-state index is 11.8. The molecular formula is C18H10N2O4. The Hall–Kier alpha value is -3.54. The van der Waals surface area contributed by atoms with Gasteiger partial charge in [-0.3, -0.25) is 19.2 Å². The van der Waals surface area contributed by atoms with Crippen molar-refractivity contribution in [3.8, 4) is 0 Å². The number of benzene rings is 2. The molecule has 2 aliphatic heterocycles. The first kappa shape index (κ1) is 14.1. The molecule has 2 aromatic carbocycles. The van der Waals surface area contributed by atoms with Crippen LogP contribution in [0.3, 0.4) is 0 Å². The van der Waals surface area contributed by atoms with Gasteiger partial charge in [0.15, 0.2) is 0 Å². The van der Waals surface area contributed by atoms with E-state index in [0.29, 0.717) is 11.4 Å². The quantitative estimate of drug-likeness (QED) is 0.790. The number of carbonyl (C=O) groups excluding carboxylic acids is 4. The topological polar surface area (TPSA) is 74.8 Å². The van der Waals surface area contributed by atoms with E-state index < -0.39 is 0 Å². The van der Waals surface area contributed by atoms with Crippen LogP contribution >= 0.6 is 0 Å². The van der Waals surface area contributed by atoms with Crippen LogP contribution < -0.4 is 9.80 Å². The molecule has 24 heavy (non-hydrogen) atoms. The van der Waals surface area contributed by atoms with Crippen LogP contribution in [0.2, 0.25) is 0 Å². The Balaban J connectivity index is 1.74. The fraction of sp³-hybridized carbons (Fsp3) is 0. The first-order valence-electron chi connectivity index (χ1n) is 7.21. The number of fused-ring (bicyclic) bond motifs is 1. The predicted octanol–water partition coefficient (Wildman–Crippen LogP) is 1.70. The highest BCUT2D eigenvalue weighted by Gasteiger charge is 2.26. The highest BCUT2D eigenvalue weighted by atomic mass is 16.2. The van der Waals surface area contributed by atoms with Crippen molar-refractivity contribution in [2.45, 2.75) is 0 Å². The third-order valence-corrected chi connectivity index (χ3v) is 3.94. The summed E-state index contributed by atoms with van der Waals surface area (Å²) in [7, 11) is 0. The van der Waals surface area contributed by atoms with E-state index in [4.69, 9.17) is 0 Å². The molecule has 0 aliphatic carbocycles. The summed E-state index contributed by atoms with van der Waals surface area (Å²) in [5.74, 6) is -1.52. The maximum atomic E-state index is 11.8. The molecular weight excluding hydrogens is 308 g/mol. The number of amides is 4. The van der Waals surface area contributed by atoms with Crippen LogP contribution in [0.15, 0.2) is 60.7 Å². The van der Waals surface area contributed by atoms with Crippen LogP contribution in [-0.2, 0) is 19.2 Å². The Morgan fingerprint density at radius 1 is 0.500 bits per heavy atom. The van der Waals surface area contributed by atoms with Crippen LogP contribution in [0.25, 0.3) is 10.8 Å².